The summed E-state index contributed by atoms with van der Waals surface area (Å²) in [6.45, 7) is 2.29. The van der Waals surface area contributed by atoms with Crippen molar-refractivity contribution in [1.82, 2.24) is 0 Å². The van der Waals surface area contributed by atoms with Crippen LogP contribution in [0.15, 0.2) is 18.2 Å². The van der Waals surface area contributed by atoms with Crippen LogP contribution < -0.4 is 10.5 Å². The zero-order valence-corrected chi connectivity index (χ0v) is 10.2. The van der Waals surface area contributed by atoms with Gasteiger partial charge in [-0.15, -0.1) is 0 Å². The summed E-state index contributed by atoms with van der Waals surface area (Å²) in [7, 11) is 0. The molecule has 5 heteroatoms. The van der Waals surface area contributed by atoms with Crippen molar-refractivity contribution in [3.8, 4) is 5.75 Å². The molecule has 17 heavy (non-hydrogen) atoms. The molecule has 94 valence electrons. The SMILES string of the molecule is CCOc1ccc(Cl)cc1C1(N)CC(F)(F)C1. The van der Waals surface area contributed by atoms with E-state index in [2.05, 4.69) is 0 Å². The van der Waals surface area contributed by atoms with Crippen LogP contribution in [0.5, 0.6) is 5.75 Å². The standard InChI is InChI=1S/C12H14ClF2NO/c1-2-17-10-4-3-8(13)5-9(10)11(16)6-12(14,15)7-11/h3-5H,2,6-7,16H2,1H3. The normalized spacial score (nSPS) is 20.8. The molecule has 0 heterocycles. The molecule has 0 unspecified atom stereocenters. The highest BCUT2D eigenvalue weighted by atomic mass is 35.5. The molecule has 0 bridgehead atoms. The van der Waals surface area contributed by atoms with E-state index in [0.29, 0.717) is 22.9 Å². The first kappa shape index (κ1) is 12.6. The Morgan fingerprint density at radius 1 is 1.41 bits per heavy atom. The van der Waals surface area contributed by atoms with Crippen molar-refractivity contribution < 1.29 is 13.5 Å². The van der Waals surface area contributed by atoms with Gasteiger partial charge in [-0.05, 0) is 25.1 Å². The molecule has 1 aliphatic rings. The predicted octanol–water partition coefficient (Wildman–Crippen LogP) is 3.32. The Labute approximate surface area is 104 Å². The van der Waals surface area contributed by atoms with Crippen LogP contribution in [0.4, 0.5) is 8.78 Å². The van der Waals surface area contributed by atoms with E-state index in [9.17, 15) is 8.78 Å². The number of alkyl halides is 2. The molecule has 0 aliphatic heterocycles. The maximum atomic E-state index is 13.0. The number of nitrogens with two attached hydrogens (primary N) is 1. The van der Waals surface area contributed by atoms with E-state index in [-0.39, 0.29) is 12.8 Å². The van der Waals surface area contributed by atoms with Crippen LogP contribution in [0.1, 0.15) is 25.3 Å². The van der Waals surface area contributed by atoms with Gasteiger partial charge in [0.2, 0.25) is 0 Å². The van der Waals surface area contributed by atoms with Gasteiger partial charge in [0.15, 0.2) is 0 Å². The minimum absolute atomic E-state index is 0.361. The number of hydrogen-bond acceptors (Lipinski definition) is 2. The predicted molar refractivity (Wildman–Crippen MR) is 62.7 cm³/mol. The molecule has 1 aromatic rings. The molecule has 0 atom stereocenters. The van der Waals surface area contributed by atoms with Gasteiger partial charge in [-0.1, -0.05) is 11.6 Å². The first-order chi connectivity index (χ1) is 7.86. The molecular formula is C12H14ClF2NO. The van der Waals surface area contributed by atoms with Gasteiger partial charge in [-0.3, -0.25) is 0 Å². The fourth-order valence-electron chi connectivity index (χ4n) is 2.23. The van der Waals surface area contributed by atoms with Crippen LogP contribution in [0.3, 0.4) is 0 Å². The smallest absolute Gasteiger partial charge is 0.252 e. The van der Waals surface area contributed by atoms with E-state index in [1.807, 2.05) is 6.92 Å². The summed E-state index contributed by atoms with van der Waals surface area (Å²) in [4.78, 5) is 0. The summed E-state index contributed by atoms with van der Waals surface area (Å²) in [6, 6.07) is 4.95. The second-order valence-corrected chi connectivity index (χ2v) is 4.88. The summed E-state index contributed by atoms with van der Waals surface area (Å²) in [5.74, 6) is -2.14. The van der Waals surface area contributed by atoms with Gasteiger partial charge in [-0.25, -0.2) is 8.78 Å². The van der Waals surface area contributed by atoms with Crippen molar-refractivity contribution in [3.05, 3.63) is 28.8 Å². The molecule has 0 radical (unpaired) electrons. The van der Waals surface area contributed by atoms with Crippen LogP contribution in [-0.2, 0) is 5.54 Å². The molecule has 1 aliphatic carbocycles. The lowest BCUT2D eigenvalue weighted by Crippen LogP contribution is -2.55. The molecule has 2 rings (SSSR count). The second kappa shape index (κ2) is 4.10. The third-order valence-corrected chi connectivity index (χ3v) is 3.16. The van der Waals surface area contributed by atoms with Crippen LogP contribution in [0.2, 0.25) is 5.02 Å². The van der Waals surface area contributed by atoms with E-state index in [4.69, 9.17) is 22.1 Å². The van der Waals surface area contributed by atoms with Gasteiger partial charge in [0.05, 0.1) is 12.1 Å². The van der Waals surface area contributed by atoms with E-state index >= 15 is 0 Å². The van der Waals surface area contributed by atoms with Crippen LogP contribution in [-0.4, -0.2) is 12.5 Å². The van der Waals surface area contributed by atoms with Crippen molar-refractivity contribution in [2.45, 2.75) is 31.2 Å². The van der Waals surface area contributed by atoms with Gasteiger partial charge < -0.3 is 10.5 Å². The highest BCUT2D eigenvalue weighted by molar-refractivity contribution is 6.30. The maximum Gasteiger partial charge on any atom is 0.252 e. The Bertz CT molecular complexity index is 429. The largest absolute Gasteiger partial charge is 0.494 e. The minimum atomic E-state index is -2.68. The fraction of sp³-hybridized carbons (Fsp3) is 0.500. The quantitative estimate of drug-likeness (QED) is 0.906. The summed E-state index contributed by atoms with van der Waals surface area (Å²) < 4.78 is 31.4. The Balaban J connectivity index is 2.34. The van der Waals surface area contributed by atoms with Crippen LogP contribution in [0.25, 0.3) is 0 Å². The Morgan fingerprint density at radius 2 is 2.06 bits per heavy atom. The molecular weight excluding hydrogens is 248 g/mol. The molecule has 0 aromatic heterocycles. The van der Waals surface area contributed by atoms with Crippen molar-refractivity contribution in [2.75, 3.05) is 6.61 Å². The highest BCUT2D eigenvalue weighted by Gasteiger charge is 2.56. The monoisotopic (exact) mass is 261 g/mol. The van der Waals surface area contributed by atoms with E-state index in [0.717, 1.165) is 0 Å². The number of halogens is 3. The molecule has 2 nitrogen and oxygen atoms in total. The average Bonchev–Trinajstić information content (AvgIpc) is 2.18. The Morgan fingerprint density at radius 3 is 2.59 bits per heavy atom. The van der Waals surface area contributed by atoms with E-state index in [1.54, 1.807) is 18.2 Å². The Kier molecular flexibility index (Phi) is 3.04. The zero-order valence-electron chi connectivity index (χ0n) is 9.47. The van der Waals surface area contributed by atoms with Gasteiger partial charge in [-0.2, -0.15) is 0 Å². The molecule has 2 N–H and O–H groups in total. The van der Waals surface area contributed by atoms with Crippen LogP contribution in [0, 0.1) is 0 Å². The summed E-state index contributed by atoms with van der Waals surface area (Å²) in [6.07, 6.45) is -0.721. The number of ether oxygens (including phenoxy) is 1. The molecule has 0 amide bonds. The minimum Gasteiger partial charge on any atom is -0.494 e. The molecule has 1 saturated carbocycles. The first-order valence-electron chi connectivity index (χ1n) is 5.46. The van der Waals surface area contributed by atoms with Crippen molar-refractivity contribution in [1.29, 1.82) is 0 Å². The molecule has 1 aromatic carbocycles. The lowest BCUT2D eigenvalue weighted by Gasteiger charge is -2.45. The van der Waals surface area contributed by atoms with Gasteiger partial charge >= 0.3 is 0 Å². The zero-order chi connectivity index (χ0) is 12.7. The summed E-state index contributed by atoms with van der Waals surface area (Å²) in [5.41, 5.74) is 5.52. The summed E-state index contributed by atoms with van der Waals surface area (Å²) in [5, 5.41) is 0.475. The Hall–Kier alpha value is -0.870. The number of hydrogen-bond donors (Lipinski definition) is 1. The number of rotatable bonds is 3. The van der Waals surface area contributed by atoms with Crippen LogP contribution >= 0.6 is 11.6 Å². The van der Waals surface area contributed by atoms with Gasteiger partial charge in [0.25, 0.3) is 5.92 Å². The lowest BCUT2D eigenvalue weighted by atomic mass is 9.69. The van der Waals surface area contributed by atoms with E-state index in [1.165, 1.54) is 0 Å². The second-order valence-electron chi connectivity index (χ2n) is 4.44. The van der Waals surface area contributed by atoms with Crippen molar-refractivity contribution in [3.63, 3.8) is 0 Å². The maximum absolute atomic E-state index is 13.0. The van der Waals surface area contributed by atoms with Gasteiger partial charge in [0.1, 0.15) is 5.75 Å². The lowest BCUT2D eigenvalue weighted by molar-refractivity contribution is -0.125. The highest BCUT2D eigenvalue weighted by Crippen LogP contribution is 2.52. The third-order valence-electron chi connectivity index (χ3n) is 2.93. The first-order valence-corrected chi connectivity index (χ1v) is 5.84. The average molecular weight is 262 g/mol. The van der Waals surface area contributed by atoms with Crippen molar-refractivity contribution >= 4 is 11.6 Å². The van der Waals surface area contributed by atoms with Crippen molar-refractivity contribution in [2.24, 2.45) is 5.73 Å². The molecule has 1 fully saturated rings. The number of benzene rings is 1. The molecule has 0 spiro atoms. The van der Waals surface area contributed by atoms with Gasteiger partial charge in [0, 0.05) is 23.4 Å². The molecule has 0 saturated heterocycles. The summed E-state index contributed by atoms with van der Waals surface area (Å²) >= 11 is 5.88. The fourth-order valence-corrected chi connectivity index (χ4v) is 2.41. The third kappa shape index (κ3) is 2.38. The topological polar surface area (TPSA) is 35.2 Å². The van der Waals surface area contributed by atoms with E-state index < -0.39 is 11.5 Å².